The third kappa shape index (κ3) is 3.96. The Kier molecular flexibility index (Phi) is 4.88. The van der Waals surface area contributed by atoms with Crippen molar-refractivity contribution < 1.29 is 13.9 Å². The zero-order valence-electron chi connectivity index (χ0n) is 12.4. The highest BCUT2D eigenvalue weighted by atomic mass is 16.5. The third-order valence-electron chi connectivity index (χ3n) is 3.71. The van der Waals surface area contributed by atoms with Crippen molar-refractivity contribution in [1.82, 2.24) is 10.2 Å². The Morgan fingerprint density at radius 1 is 1.23 bits per heavy atom. The van der Waals surface area contributed by atoms with Gasteiger partial charge >= 0.3 is 0 Å². The highest BCUT2D eigenvalue weighted by Crippen LogP contribution is 2.10. The number of benzene rings is 1. The molecular formula is C17H20N2O3. The van der Waals surface area contributed by atoms with E-state index in [1.165, 1.54) is 11.8 Å². The monoisotopic (exact) mass is 300 g/mol. The first kappa shape index (κ1) is 14.8. The maximum absolute atomic E-state index is 11.8. The van der Waals surface area contributed by atoms with Crippen LogP contribution in [0.25, 0.3) is 0 Å². The normalized spacial score (nSPS) is 19.0. The number of rotatable bonds is 5. The van der Waals surface area contributed by atoms with Crippen LogP contribution in [-0.2, 0) is 11.3 Å². The van der Waals surface area contributed by atoms with Crippen molar-refractivity contribution in [2.24, 2.45) is 0 Å². The fourth-order valence-corrected chi connectivity index (χ4v) is 2.59. The van der Waals surface area contributed by atoms with E-state index in [0.29, 0.717) is 18.9 Å². The van der Waals surface area contributed by atoms with Gasteiger partial charge in [0.05, 0.1) is 19.0 Å². The summed E-state index contributed by atoms with van der Waals surface area (Å²) in [7, 11) is 0. The van der Waals surface area contributed by atoms with E-state index in [0.717, 1.165) is 19.6 Å². The number of nitrogens with one attached hydrogen (secondary N) is 1. The molecule has 1 aromatic heterocycles. The Morgan fingerprint density at radius 3 is 2.86 bits per heavy atom. The number of carbonyl (C=O) groups excluding carboxylic acids is 1. The minimum atomic E-state index is -0.200. The van der Waals surface area contributed by atoms with Crippen molar-refractivity contribution >= 4 is 5.91 Å². The lowest BCUT2D eigenvalue weighted by Crippen LogP contribution is -2.47. The van der Waals surface area contributed by atoms with Crippen LogP contribution in [-0.4, -0.2) is 43.2 Å². The molecule has 1 N–H and O–H groups in total. The van der Waals surface area contributed by atoms with Crippen LogP contribution in [0.2, 0.25) is 0 Å². The summed E-state index contributed by atoms with van der Waals surface area (Å²) < 4.78 is 10.8. The van der Waals surface area contributed by atoms with Gasteiger partial charge in [0, 0.05) is 26.2 Å². The van der Waals surface area contributed by atoms with Crippen LogP contribution < -0.4 is 5.32 Å². The molecule has 116 valence electrons. The number of morpholine rings is 1. The first-order valence-corrected chi connectivity index (χ1v) is 7.51. The third-order valence-corrected chi connectivity index (χ3v) is 3.71. The second-order valence-corrected chi connectivity index (χ2v) is 5.40. The summed E-state index contributed by atoms with van der Waals surface area (Å²) in [5.74, 6) is 0.130. The van der Waals surface area contributed by atoms with Crippen LogP contribution in [0.15, 0.2) is 53.1 Å². The first-order valence-electron chi connectivity index (χ1n) is 7.51. The predicted molar refractivity (Wildman–Crippen MR) is 82.5 cm³/mol. The molecule has 1 saturated heterocycles. The van der Waals surface area contributed by atoms with E-state index in [4.69, 9.17) is 9.15 Å². The van der Waals surface area contributed by atoms with Crippen LogP contribution in [0.5, 0.6) is 0 Å². The molecule has 5 nitrogen and oxygen atoms in total. The first-order chi connectivity index (χ1) is 10.8. The maximum Gasteiger partial charge on any atom is 0.287 e. The van der Waals surface area contributed by atoms with Gasteiger partial charge in [0.1, 0.15) is 0 Å². The van der Waals surface area contributed by atoms with Crippen LogP contribution in [0.3, 0.4) is 0 Å². The van der Waals surface area contributed by atoms with Gasteiger partial charge < -0.3 is 14.5 Å². The Bertz CT molecular complexity index is 583. The van der Waals surface area contributed by atoms with Gasteiger partial charge in [-0.2, -0.15) is 0 Å². The van der Waals surface area contributed by atoms with Gasteiger partial charge in [0.15, 0.2) is 5.76 Å². The molecule has 22 heavy (non-hydrogen) atoms. The van der Waals surface area contributed by atoms with Gasteiger partial charge in [-0.3, -0.25) is 9.69 Å². The van der Waals surface area contributed by atoms with Gasteiger partial charge in [0.2, 0.25) is 0 Å². The highest BCUT2D eigenvalue weighted by Gasteiger charge is 2.21. The van der Waals surface area contributed by atoms with E-state index in [2.05, 4.69) is 34.5 Å². The van der Waals surface area contributed by atoms with Gasteiger partial charge in [0.25, 0.3) is 5.91 Å². The zero-order chi connectivity index (χ0) is 15.2. The van der Waals surface area contributed by atoms with Crippen molar-refractivity contribution in [3.05, 3.63) is 60.1 Å². The summed E-state index contributed by atoms with van der Waals surface area (Å²) in [6.07, 6.45) is 1.50. The molecular weight excluding hydrogens is 280 g/mol. The maximum atomic E-state index is 11.8. The van der Waals surface area contributed by atoms with Crippen molar-refractivity contribution in [2.45, 2.75) is 12.6 Å². The fourth-order valence-electron chi connectivity index (χ4n) is 2.59. The molecule has 1 aliphatic heterocycles. The smallest absolute Gasteiger partial charge is 0.287 e. The van der Waals surface area contributed by atoms with Crippen LogP contribution in [0, 0.1) is 0 Å². The van der Waals surface area contributed by atoms with Crippen LogP contribution in [0.4, 0.5) is 0 Å². The summed E-state index contributed by atoms with van der Waals surface area (Å²) in [5.41, 5.74) is 1.29. The van der Waals surface area contributed by atoms with Crippen molar-refractivity contribution in [2.75, 3.05) is 26.2 Å². The van der Waals surface area contributed by atoms with E-state index in [1.54, 1.807) is 12.1 Å². The Balaban J connectivity index is 1.47. The van der Waals surface area contributed by atoms with Crippen molar-refractivity contribution in [3.8, 4) is 0 Å². The van der Waals surface area contributed by atoms with Gasteiger partial charge in [-0.15, -0.1) is 0 Å². The summed E-state index contributed by atoms with van der Waals surface area (Å²) in [4.78, 5) is 14.2. The average molecular weight is 300 g/mol. The molecule has 1 aromatic carbocycles. The van der Waals surface area contributed by atoms with Crippen LogP contribution in [0.1, 0.15) is 16.1 Å². The largest absolute Gasteiger partial charge is 0.459 e. The summed E-state index contributed by atoms with van der Waals surface area (Å²) in [6.45, 7) is 3.82. The lowest BCUT2D eigenvalue weighted by Gasteiger charge is -2.33. The second-order valence-electron chi connectivity index (χ2n) is 5.40. The molecule has 1 amide bonds. The number of hydrogen-bond donors (Lipinski definition) is 1. The van der Waals surface area contributed by atoms with Crippen molar-refractivity contribution in [1.29, 1.82) is 0 Å². The molecule has 0 aliphatic carbocycles. The SMILES string of the molecule is O=C(NC[C@@H]1CN(Cc2ccccc2)CCO1)c1ccco1. The number of nitrogens with zero attached hydrogens (tertiary/aromatic N) is 1. The molecule has 0 spiro atoms. The average Bonchev–Trinajstić information content (AvgIpc) is 3.08. The summed E-state index contributed by atoms with van der Waals surface area (Å²) in [6, 6.07) is 13.7. The lowest BCUT2D eigenvalue weighted by molar-refractivity contribution is -0.0293. The Morgan fingerprint density at radius 2 is 2.09 bits per heavy atom. The van der Waals surface area contributed by atoms with E-state index in [9.17, 15) is 4.79 Å². The minimum absolute atomic E-state index is 0.0105. The lowest BCUT2D eigenvalue weighted by atomic mass is 10.2. The minimum Gasteiger partial charge on any atom is -0.459 e. The molecule has 0 unspecified atom stereocenters. The fraction of sp³-hybridized carbons (Fsp3) is 0.353. The molecule has 1 atom stereocenters. The van der Waals surface area contributed by atoms with Crippen LogP contribution >= 0.6 is 0 Å². The molecule has 1 aliphatic rings. The van der Waals surface area contributed by atoms with Gasteiger partial charge in [-0.25, -0.2) is 0 Å². The molecule has 2 aromatic rings. The van der Waals surface area contributed by atoms with E-state index in [-0.39, 0.29) is 12.0 Å². The molecule has 0 saturated carbocycles. The molecule has 0 radical (unpaired) electrons. The zero-order valence-corrected chi connectivity index (χ0v) is 12.4. The predicted octanol–water partition coefficient (Wildman–Crippen LogP) is 1.91. The van der Waals surface area contributed by atoms with E-state index in [1.807, 2.05) is 6.07 Å². The van der Waals surface area contributed by atoms with E-state index < -0.39 is 0 Å². The quantitative estimate of drug-likeness (QED) is 0.916. The summed E-state index contributed by atoms with van der Waals surface area (Å²) >= 11 is 0. The summed E-state index contributed by atoms with van der Waals surface area (Å²) in [5, 5.41) is 2.85. The van der Waals surface area contributed by atoms with Gasteiger partial charge in [-0.05, 0) is 17.7 Å². The Labute approximate surface area is 129 Å². The number of furan rings is 1. The van der Waals surface area contributed by atoms with Gasteiger partial charge in [-0.1, -0.05) is 30.3 Å². The second kappa shape index (κ2) is 7.24. The molecule has 2 heterocycles. The van der Waals surface area contributed by atoms with E-state index >= 15 is 0 Å². The Hall–Kier alpha value is -2.11. The van der Waals surface area contributed by atoms with Crippen molar-refractivity contribution in [3.63, 3.8) is 0 Å². The molecule has 3 rings (SSSR count). The molecule has 0 bridgehead atoms. The molecule has 5 heteroatoms. The number of ether oxygens (including phenoxy) is 1. The number of hydrogen-bond acceptors (Lipinski definition) is 4. The number of amides is 1. The standard InChI is InChI=1S/C17H20N2O3/c20-17(16-7-4-9-22-16)18-11-15-13-19(8-10-21-15)12-14-5-2-1-3-6-14/h1-7,9,15H,8,10-13H2,(H,18,20)/t15-/m1/s1. The topological polar surface area (TPSA) is 54.7 Å². The highest BCUT2D eigenvalue weighted by molar-refractivity contribution is 5.91. The number of carbonyl (C=O) groups is 1. The molecule has 1 fully saturated rings.